The highest BCUT2D eigenvalue weighted by Gasteiger charge is 2.21. The predicted molar refractivity (Wildman–Crippen MR) is 116 cm³/mol. The molecule has 0 bridgehead atoms. The average Bonchev–Trinajstić information content (AvgIpc) is 2.70. The van der Waals surface area contributed by atoms with Gasteiger partial charge in [0, 0.05) is 10.9 Å². The van der Waals surface area contributed by atoms with Crippen LogP contribution in [0.4, 0.5) is 5.69 Å². The lowest BCUT2D eigenvalue weighted by Gasteiger charge is -2.23. The maximum Gasteiger partial charge on any atom is 0.253 e. The van der Waals surface area contributed by atoms with Gasteiger partial charge in [0.1, 0.15) is 0 Å². The Bertz CT molecular complexity index is 814. The largest absolute Gasteiger partial charge is 0.349 e. The molecule has 28 heavy (non-hydrogen) atoms. The molecule has 1 saturated carbocycles. The van der Waals surface area contributed by atoms with Crippen LogP contribution in [0.1, 0.15) is 54.9 Å². The molecule has 1 aliphatic carbocycles. The highest BCUT2D eigenvalue weighted by molar-refractivity contribution is 8.00. The second kappa shape index (κ2) is 9.78. The molecule has 5 heteroatoms. The monoisotopic (exact) mass is 396 g/mol. The fourth-order valence-electron chi connectivity index (χ4n) is 3.41. The number of carbonyl (C=O) groups is 2. The zero-order valence-electron chi connectivity index (χ0n) is 16.5. The Kier molecular flexibility index (Phi) is 7.15. The van der Waals surface area contributed by atoms with Gasteiger partial charge < -0.3 is 10.6 Å². The van der Waals surface area contributed by atoms with E-state index in [1.165, 1.54) is 23.7 Å². The number of aryl methyl sites for hydroxylation is 1. The first-order chi connectivity index (χ1) is 13.5. The van der Waals surface area contributed by atoms with E-state index < -0.39 is 0 Å². The number of para-hydroxylation sites is 1. The summed E-state index contributed by atoms with van der Waals surface area (Å²) in [5.41, 5.74) is 2.28. The summed E-state index contributed by atoms with van der Waals surface area (Å²) in [5.74, 6) is -0.217. The number of hydrogen-bond donors (Lipinski definition) is 2. The first kappa shape index (κ1) is 20.5. The lowest BCUT2D eigenvalue weighted by Crippen LogP contribution is -2.36. The highest BCUT2D eigenvalue weighted by atomic mass is 32.2. The third-order valence-corrected chi connectivity index (χ3v) is 6.18. The second-order valence-electron chi connectivity index (χ2n) is 7.42. The maximum atomic E-state index is 12.7. The van der Waals surface area contributed by atoms with E-state index in [4.69, 9.17) is 0 Å². The minimum atomic E-state index is -0.267. The molecule has 2 aromatic rings. The Labute approximate surface area is 171 Å². The van der Waals surface area contributed by atoms with Crippen LogP contribution >= 0.6 is 11.8 Å². The molecule has 3 rings (SSSR count). The number of nitrogens with one attached hydrogen (secondary N) is 2. The molecule has 0 radical (unpaired) electrons. The van der Waals surface area contributed by atoms with Crippen LogP contribution in [0.25, 0.3) is 0 Å². The van der Waals surface area contributed by atoms with Gasteiger partial charge in [-0.3, -0.25) is 9.59 Å². The number of hydrogen-bond acceptors (Lipinski definition) is 3. The third-order valence-electron chi connectivity index (χ3n) is 5.07. The van der Waals surface area contributed by atoms with Crippen LogP contribution in [0.2, 0.25) is 0 Å². The number of benzene rings is 2. The molecule has 0 spiro atoms. The Morgan fingerprint density at radius 1 is 1.00 bits per heavy atom. The summed E-state index contributed by atoms with van der Waals surface area (Å²) in [6, 6.07) is 15.6. The Hall–Kier alpha value is -2.27. The van der Waals surface area contributed by atoms with E-state index in [0.717, 1.165) is 30.6 Å². The van der Waals surface area contributed by atoms with Crippen LogP contribution in [0.5, 0.6) is 0 Å². The van der Waals surface area contributed by atoms with E-state index in [1.54, 1.807) is 12.1 Å². The van der Waals surface area contributed by atoms with Gasteiger partial charge in [-0.25, -0.2) is 0 Å². The first-order valence-corrected chi connectivity index (χ1v) is 10.8. The van der Waals surface area contributed by atoms with Crippen LogP contribution in [0.15, 0.2) is 53.4 Å². The molecule has 2 amide bonds. The Morgan fingerprint density at radius 2 is 1.68 bits per heavy atom. The van der Waals surface area contributed by atoms with Gasteiger partial charge in [-0.1, -0.05) is 49.1 Å². The summed E-state index contributed by atoms with van der Waals surface area (Å²) in [6.07, 6.45) is 5.64. The van der Waals surface area contributed by atoms with Crippen molar-refractivity contribution in [3.05, 3.63) is 59.7 Å². The minimum Gasteiger partial charge on any atom is -0.349 e. The van der Waals surface area contributed by atoms with E-state index in [9.17, 15) is 9.59 Å². The van der Waals surface area contributed by atoms with Crippen molar-refractivity contribution in [2.75, 3.05) is 5.32 Å². The van der Waals surface area contributed by atoms with Gasteiger partial charge in [0.15, 0.2) is 0 Å². The van der Waals surface area contributed by atoms with Crippen LogP contribution in [-0.4, -0.2) is 23.1 Å². The molecule has 1 aliphatic rings. The van der Waals surface area contributed by atoms with Crippen molar-refractivity contribution in [2.45, 2.75) is 62.1 Å². The summed E-state index contributed by atoms with van der Waals surface area (Å²) in [6.45, 7) is 3.92. The fourth-order valence-corrected chi connectivity index (χ4v) is 4.28. The zero-order chi connectivity index (χ0) is 19.9. The zero-order valence-corrected chi connectivity index (χ0v) is 17.4. The van der Waals surface area contributed by atoms with Gasteiger partial charge in [-0.05, 0) is 51.0 Å². The van der Waals surface area contributed by atoms with Gasteiger partial charge in [-0.15, -0.1) is 11.8 Å². The highest BCUT2D eigenvalue weighted by Crippen LogP contribution is 2.25. The molecule has 148 valence electrons. The van der Waals surface area contributed by atoms with Crippen molar-refractivity contribution in [3.63, 3.8) is 0 Å². The van der Waals surface area contributed by atoms with Crippen LogP contribution in [-0.2, 0) is 4.79 Å². The van der Waals surface area contributed by atoms with E-state index in [-0.39, 0.29) is 23.1 Å². The van der Waals surface area contributed by atoms with Crippen LogP contribution in [0, 0.1) is 6.92 Å². The van der Waals surface area contributed by atoms with Gasteiger partial charge in [-0.2, -0.15) is 0 Å². The van der Waals surface area contributed by atoms with E-state index in [0.29, 0.717) is 11.3 Å². The maximum absolute atomic E-state index is 12.7. The standard InChI is InChI=1S/C23H28N2O2S/c1-16-12-14-19(15-13-16)28-17(2)22(26)25-21-11-7-6-10-20(21)23(27)24-18-8-4-3-5-9-18/h6-7,10-15,17-18H,3-5,8-9H2,1-2H3,(H,24,27)(H,25,26)/t17-/m0/s1. The molecular formula is C23H28N2O2S. The number of carbonyl (C=O) groups excluding carboxylic acids is 2. The molecule has 0 aliphatic heterocycles. The van der Waals surface area contributed by atoms with Gasteiger partial charge in [0.25, 0.3) is 5.91 Å². The quantitative estimate of drug-likeness (QED) is 0.662. The van der Waals surface area contributed by atoms with E-state index >= 15 is 0 Å². The number of rotatable bonds is 6. The SMILES string of the molecule is Cc1ccc(S[C@@H](C)C(=O)Nc2ccccc2C(=O)NC2CCCCC2)cc1. The summed E-state index contributed by atoms with van der Waals surface area (Å²) >= 11 is 1.51. The van der Waals surface area contributed by atoms with Crippen molar-refractivity contribution in [3.8, 4) is 0 Å². The molecule has 0 heterocycles. The molecule has 4 nitrogen and oxygen atoms in total. The topological polar surface area (TPSA) is 58.2 Å². The van der Waals surface area contributed by atoms with Crippen molar-refractivity contribution in [1.29, 1.82) is 0 Å². The minimum absolute atomic E-state index is 0.108. The normalized spacial score (nSPS) is 15.6. The lowest BCUT2D eigenvalue weighted by atomic mass is 9.95. The van der Waals surface area contributed by atoms with Gasteiger partial charge in [0.2, 0.25) is 5.91 Å². The van der Waals surface area contributed by atoms with Crippen molar-refractivity contribution < 1.29 is 9.59 Å². The van der Waals surface area contributed by atoms with Crippen LogP contribution in [0.3, 0.4) is 0 Å². The first-order valence-electron chi connectivity index (χ1n) is 9.97. The van der Waals surface area contributed by atoms with Crippen molar-refractivity contribution >= 4 is 29.3 Å². The van der Waals surface area contributed by atoms with Gasteiger partial charge in [0.05, 0.1) is 16.5 Å². The summed E-state index contributed by atoms with van der Waals surface area (Å²) in [7, 11) is 0. The molecule has 0 unspecified atom stereocenters. The molecule has 2 N–H and O–H groups in total. The fraction of sp³-hybridized carbons (Fsp3) is 0.391. The average molecular weight is 397 g/mol. The molecule has 0 aromatic heterocycles. The van der Waals surface area contributed by atoms with Crippen molar-refractivity contribution in [1.82, 2.24) is 5.32 Å². The van der Waals surface area contributed by atoms with Crippen LogP contribution < -0.4 is 10.6 Å². The molecule has 2 aromatic carbocycles. The molecule has 0 saturated heterocycles. The smallest absolute Gasteiger partial charge is 0.253 e. The number of thioether (sulfide) groups is 1. The van der Waals surface area contributed by atoms with E-state index in [1.807, 2.05) is 50.2 Å². The second-order valence-corrected chi connectivity index (χ2v) is 8.83. The molecular weight excluding hydrogens is 368 g/mol. The molecule has 1 atom stereocenters. The van der Waals surface area contributed by atoms with E-state index in [2.05, 4.69) is 10.6 Å². The van der Waals surface area contributed by atoms with Crippen molar-refractivity contribution in [2.24, 2.45) is 0 Å². The summed E-state index contributed by atoms with van der Waals surface area (Å²) < 4.78 is 0. The Morgan fingerprint density at radius 3 is 2.39 bits per heavy atom. The number of amides is 2. The molecule has 1 fully saturated rings. The summed E-state index contributed by atoms with van der Waals surface area (Å²) in [5, 5.41) is 5.80. The third kappa shape index (κ3) is 5.61. The predicted octanol–water partition coefficient (Wildman–Crippen LogP) is 5.18. The summed E-state index contributed by atoms with van der Waals surface area (Å²) in [4.78, 5) is 26.5. The van der Waals surface area contributed by atoms with Gasteiger partial charge >= 0.3 is 0 Å². The number of anilines is 1. The lowest BCUT2D eigenvalue weighted by molar-refractivity contribution is -0.115. The Balaban J connectivity index is 1.63.